The van der Waals surface area contributed by atoms with Crippen molar-refractivity contribution in [1.82, 2.24) is 10.3 Å². The number of hydrogen-bond acceptors (Lipinski definition) is 5. The number of anilines is 1. The molecule has 1 aromatic heterocycles. The quantitative estimate of drug-likeness (QED) is 0.247. The van der Waals surface area contributed by atoms with Crippen LogP contribution in [0.1, 0.15) is 31.7 Å². The molecule has 180 valence electrons. The summed E-state index contributed by atoms with van der Waals surface area (Å²) in [6.45, 7) is 4.10. The molecule has 0 aliphatic heterocycles. The Labute approximate surface area is 218 Å². The number of amides is 1. The largest absolute Gasteiger partial charge is 0.482 e. The molecule has 0 bridgehead atoms. The second kappa shape index (κ2) is 11.1. The van der Waals surface area contributed by atoms with E-state index in [9.17, 15) is 4.79 Å². The first-order valence-electron chi connectivity index (χ1n) is 11.0. The van der Waals surface area contributed by atoms with Crippen LogP contribution in [-0.4, -0.2) is 22.6 Å². The molecule has 35 heavy (non-hydrogen) atoms. The summed E-state index contributed by atoms with van der Waals surface area (Å²) in [6.07, 6.45) is 1.06. The van der Waals surface area contributed by atoms with Crippen LogP contribution in [0, 0.1) is 0 Å². The number of carbonyl (C=O) groups is 1. The van der Waals surface area contributed by atoms with Crippen molar-refractivity contribution in [1.29, 1.82) is 0 Å². The summed E-state index contributed by atoms with van der Waals surface area (Å²) in [6, 6.07) is 18.3. The number of nitrogens with zero attached hydrogens (tertiary/aromatic N) is 1. The lowest BCUT2D eigenvalue weighted by Gasteiger charge is -2.11. The molecular weight excluding hydrogens is 505 g/mol. The molecule has 0 fully saturated rings. The molecule has 1 heterocycles. The van der Waals surface area contributed by atoms with Gasteiger partial charge in [0.1, 0.15) is 11.3 Å². The summed E-state index contributed by atoms with van der Waals surface area (Å²) in [5.41, 5.74) is 4.25. The number of ether oxygens (including phenoxy) is 1. The number of hydrogen-bond donors (Lipinski definition) is 2. The van der Waals surface area contributed by atoms with Crippen molar-refractivity contribution in [3.8, 4) is 17.2 Å². The molecule has 0 unspecified atom stereocenters. The Bertz CT molecular complexity index is 1390. The lowest BCUT2D eigenvalue weighted by atomic mass is 9.98. The van der Waals surface area contributed by atoms with Crippen LogP contribution in [0.2, 0.25) is 10.0 Å². The Hall–Kier alpha value is -3.13. The van der Waals surface area contributed by atoms with Gasteiger partial charge in [0.15, 0.2) is 17.3 Å². The molecule has 2 N–H and O–H groups in total. The minimum absolute atomic E-state index is 0.133. The minimum atomic E-state index is -0.430. The van der Waals surface area contributed by atoms with Crippen molar-refractivity contribution in [2.24, 2.45) is 0 Å². The number of halogens is 2. The molecule has 3 aromatic carbocycles. The number of carbonyl (C=O) groups excluding carboxylic acids is 1. The summed E-state index contributed by atoms with van der Waals surface area (Å²) in [7, 11) is 0. The molecule has 0 spiro atoms. The first-order chi connectivity index (χ1) is 16.8. The average molecular weight is 528 g/mol. The van der Waals surface area contributed by atoms with E-state index in [1.54, 1.807) is 12.1 Å². The van der Waals surface area contributed by atoms with Crippen molar-refractivity contribution in [3.63, 3.8) is 0 Å². The van der Waals surface area contributed by atoms with E-state index in [0.717, 1.165) is 23.1 Å². The smallest absolute Gasteiger partial charge is 0.264 e. The van der Waals surface area contributed by atoms with Crippen LogP contribution < -0.4 is 15.4 Å². The van der Waals surface area contributed by atoms with Crippen LogP contribution in [0.5, 0.6) is 5.75 Å². The molecule has 4 aromatic rings. The Morgan fingerprint density at radius 2 is 1.97 bits per heavy atom. The number of aromatic nitrogens is 1. The number of rotatable bonds is 7. The molecule has 0 saturated heterocycles. The molecule has 0 aliphatic rings. The van der Waals surface area contributed by atoms with E-state index in [0.29, 0.717) is 33.3 Å². The molecule has 0 radical (unpaired) electrons. The second-order valence-corrected chi connectivity index (χ2v) is 9.25. The molecular formula is C26H23Cl2N3O3S. The predicted octanol–water partition coefficient (Wildman–Crippen LogP) is 7.21. The van der Waals surface area contributed by atoms with E-state index >= 15 is 0 Å². The molecule has 9 heteroatoms. The monoisotopic (exact) mass is 527 g/mol. The normalized spacial score (nSPS) is 11.8. The first kappa shape index (κ1) is 25.0. The van der Waals surface area contributed by atoms with Gasteiger partial charge in [0.05, 0.1) is 5.02 Å². The maximum absolute atomic E-state index is 12.2. The Balaban J connectivity index is 1.38. The summed E-state index contributed by atoms with van der Waals surface area (Å²) in [5.74, 6) is 0.887. The molecule has 1 amide bonds. The van der Waals surface area contributed by atoms with Crippen molar-refractivity contribution in [3.05, 3.63) is 76.3 Å². The zero-order valence-corrected chi connectivity index (χ0v) is 21.4. The molecule has 0 aliphatic carbocycles. The van der Waals surface area contributed by atoms with Gasteiger partial charge in [-0.3, -0.25) is 10.1 Å². The summed E-state index contributed by atoms with van der Waals surface area (Å²) < 4.78 is 11.4. The zero-order valence-electron chi connectivity index (χ0n) is 19.1. The van der Waals surface area contributed by atoms with Gasteiger partial charge < -0.3 is 14.5 Å². The molecule has 6 nitrogen and oxygen atoms in total. The van der Waals surface area contributed by atoms with Crippen molar-refractivity contribution < 1.29 is 13.9 Å². The van der Waals surface area contributed by atoms with Crippen molar-refractivity contribution >= 4 is 63.2 Å². The van der Waals surface area contributed by atoms with Gasteiger partial charge in [-0.05, 0) is 78.7 Å². The first-order valence-corrected chi connectivity index (χ1v) is 12.2. The standard InChI is InChI=1S/C26H23Cl2N3O3S/c1-3-15(2)16-7-9-23-21(12-16)30-25(34-23)17-5-4-6-19(11-17)29-26(35)31-24(32)14-33-22-10-8-18(27)13-20(22)28/h4-13,15H,3,14H2,1-2H3,(H2,29,31,32,35)/t15-/m1/s1. The van der Waals surface area contributed by atoms with Gasteiger partial charge >= 0.3 is 0 Å². The minimum Gasteiger partial charge on any atom is -0.482 e. The fourth-order valence-corrected chi connectivity index (χ4v) is 4.10. The van der Waals surface area contributed by atoms with E-state index in [2.05, 4.69) is 41.6 Å². The number of oxazole rings is 1. The zero-order chi connectivity index (χ0) is 24.9. The van der Waals surface area contributed by atoms with Crippen LogP contribution in [0.15, 0.2) is 65.1 Å². The lowest BCUT2D eigenvalue weighted by Crippen LogP contribution is -2.37. The van der Waals surface area contributed by atoms with E-state index < -0.39 is 5.91 Å². The highest BCUT2D eigenvalue weighted by atomic mass is 35.5. The van der Waals surface area contributed by atoms with Crippen molar-refractivity contribution in [2.45, 2.75) is 26.2 Å². The third kappa shape index (κ3) is 6.31. The van der Waals surface area contributed by atoms with Gasteiger partial charge in [-0.25, -0.2) is 4.98 Å². The average Bonchev–Trinajstić information content (AvgIpc) is 3.26. The Morgan fingerprint density at radius 1 is 1.14 bits per heavy atom. The highest BCUT2D eigenvalue weighted by Crippen LogP contribution is 2.29. The van der Waals surface area contributed by atoms with Crippen LogP contribution in [0.25, 0.3) is 22.6 Å². The van der Waals surface area contributed by atoms with Gasteiger partial charge in [-0.2, -0.15) is 0 Å². The Morgan fingerprint density at radius 3 is 2.74 bits per heavy atom. The second-order valence-electron chi connectivity index (χ2n) is 8.00. The molecule has 0 saturated carbocycles. The summed E-state index contributed by atoms with van der Waals surface area (Å²) >= 11 is 17.2. The van der Waals surface area contributed by atoms with Gasteiger partial charge in [-0.15, -0.1) is 0 Å². The third-order valence-electron chi connectivity index (χ3n) is 5.47. The molecule has 4 rings (SSSR count). The van der Waals surface area contributed by atoms with E-state index in [-0.39, 0.29) is 11.7 Å². The van der Waals surface area contributed by atoms with Crippen LogP contribution >= 0.6 is 35.4 Å². The fraction of sp³-hybridized carbons (Fsp3) is 0.192. The fourth-order valence-electron chi connectivity index (χ4n) is 3.40. The van der Waals surface area contributed by atoms with Gasteiger partial charge in [0, 0.05) is 16.3 Å². The van der Waals surface area contributed by atoms with E-state index in [4.69, 9.17) is 44.6 Å². The maximum Gasteiger partial charge on any atom is 0.264 e. The van der Waals surface area contributed by atoms with Gasteiger partial charge in [-0.1, -0.05) is 49.2 Å². The number of fused-ring (bicyclic) bond motifs is 1. The van der Waals surface area contributed by atoms with Gasteiger partial charge in [0.2, 0.25) is 5.89 Å². The van der Waals surface area contributed by atoms with Crippen LogP contribution in [0.4, 0.5) is 5.69 Å². The SMILES string of the molecule is CC[C@@H](C)c1ccc2oc(-c3cccc(NC(=S)NC(=O)COc4ccc(Cl)cc4Cl)c3)nc2c1. The summed E-state index contributed by atoms with van der Waals surface area (Å²) in [5, 5.41) is 6.51. The summed E-state index contributed by atoms with van der Waals surface area (Å²) in [4.78, 5) is 16.9. The number of nitrogens with one attached hydrogen (secondary N) is 2. The van der Waals surface area contributed by atoms with Gasteiger partial charge in [0.25, 0.3) is 5.91 Å². The van der Waals surface area contributed by atoms with Crippen LogP contribution in [0.3, 0.4) is 0 Å². The third-order valence-corrected chi connectivity index (χ3v) is 6.20. The maximum atomic E-state index is 12.2. The van der Waals surface area contributed by atoms with Crippen molar-refractivity contribution in [2.75, 3.05) is 11.9 Å². The lowest BCUT2D eigenvalue weighted by molar-refractivity contribution is -0.121. The highest BCUT2D eigenvalue weighted by molar-refractivity contribution is 7.80. The van der Waals surface area contributed by atoms with Crippen LogP contribution in [-0.2, 0) is 4.79 Å². The Kier molecular flexibility index (Phi) is 7.90. The highest BCUT2D eigenvalue weighted by Gasteiger charge is 2.13. The number of thiocarbonyl (C=S) groups is 1. The van der Waals surface area contributed by atoms with E-state index in [1.165, 1.54) is 11.6 Å². The number of benzene rings is 3. The topological polar surface area (TPSA) is 76.4 Å². The predicted molar refractivity (Wildman–Crippen MR) is 144 cm³/mol. The molecule has 1 atom stereocenters. The van der Waals surface area contributed by atoms with E-state index in [1.807, 2.05) is 30.3 Å².